The molecule has 2 aliphatic rings. The standard InChI is InChI=1S/C7H13NO/c9-4-6-1-2-7(3-6)5-8-7/h6,8-9H,1-5H2. The molecule has 0 aromatic rings. The number of rotatable bonds is 1. The summed E-state index contributed by atoms with van der Waals surface area (Å²) in [6.07, 6.45) is 3.73. The zero-order chi connectivity index (χ0) is 6.32. The minimum atomic E-state index is 0.392. The molecule has 0 bridgehead atoms. The van der Waals surface area contributed by atoms with Gasteiger partial charge in [0.2, 0.25) is 0 Å². The molecule has 0 amide bonds. The molecule has 2 unspecified atom stereocenters. The van der Waals surface area contributed by atoms with Crippen molar-refractivity contribution in [2.45, 2.75) is 24.8 Å². The zero-order valence-electron chi connectivity index (χ0n) is 5.56. The van der Waals surface area contributed by atoms with E-state index in [-0.39, 0.29) is 0 Å². The first-order valence-electron chi connectivity index (χ1n) is 3.71. The molecule has 2 heteroatoms. The topological polar surface area (TPSA) is 42.2 Å². The van der Waals surface area contributed by atoms with E-state index in [1.165, 1.54) is 25.8 Å². The van der Waals surface area contributed by atoms with E-state index in [1.807, 2.05) is 0 Å². The van der Waals surface area contributed by atoms with E-state index in [0.717, 1.165) is 0 Å². The third kappa shape index (κ3) is 0.864. The van der Waals surface area contributed by atoms with E-state index in [0.29, 0.717) is 18.1 Å². The summed E-state index contributed by atoms with van der Waals surface area (Å²) in [5.41, 5.74) is 0.507. The Labute approximate surface area is 55.3 Å². The zero-order valence-corrected chi connectivity index (χ0v) is 5.56. The van der Waals surface area contributed by atoms with Gasteiger partial charge < -0.3 is 10.4 Å². The Hall–Kier alpha value is -0.0800. The molecule has 2 atom stereocenters. The van der Waals surface area contributed by atoms with Gasteiger partial charge in [0.15, 0.2) is 0 Å². The predicted molar refractivity (Wildman–Crippen MR) is 35.2 cm³/mol. The smallest absolute Gasteiger partial charge is 0.0459 e. The molecule has 2 rings (SSSR count). The van der Waals surface area contributed by atoms with Gasteiger partial charge in [-0.05, 0) is 25.2 Å². The lowest BCUT2D eigenvalue weighted by Gasteiger charge is -2.02. The minimum Gasteiger partial charge on any atom is -0.396 e. The second-order valence-corrected chi connectivity index (χ2v) is 3.43. The van der Waals surface area contributed by atoms with Gasteiger partial charge in [0.05, 0.1) is 0 Å². The molecule has 2 nitrogen and oxygen atoms in total. The molecule has 52 valence electrons. The first-order chi connectivity index (χ1) is 4.35. The predicted octanol–water partition coefficient (Wildman–Crippen LogP) is 0.121. The molecule has 0 radical (unpaired) electrons. The quantitative estimate of drug-likeness (QED) is 0.491. The highest BCUT2D eigenvalue weighted by atomic mass is 16.3. The summed E-state index contributed by atoms with van der Waals surface area (Å²) < 4.78 is 0. The molecule has 0 aromatic heterocycles. The maximum atomic E-state index is 8.80. The van der Waals surface area contributed by atoms with Crippen LogP contribution in [-0.2, 0) is 0 Å². The van der Waals surface area contributed by atoms with Crippen LogP contribution in [-0.4, -0.2) is 23.8 Å². The Morgan fingerprint density at radius 2 is 2.44 bits per heavy atom. The van der Waals surface area contributed by atoms with Crippen LogP contribution in [0.4, 0.5) is 0 Å². The molecule has 0 aromatic carbocycles. The third-order valence-electron chi connectivity index (χ3n) is 2.65. The van der Waals surface area contributed by atoms with Crippen LogP contribution in [0, 0.1) is 5.92 Å². The van der Waals surface area contributed by atoms with Gasteiger partial charge in [-0.1, -0.05) is 0 Å². The number of aliphatic hydroxyl groups is 1. The second kappa shape index (κ2) is 1.70. The Kier molecular flexibility index (Phi) is 1.08. The van der Waals surface area contributed by atoms with Crippen LogP contribution < -0.4 is 5.32 Å². The monoisotopic (exact) mass is 127 g/mol. The number of aliphatic hydroxyl groups excluding tert-OH is 1. The van der Waals surface area contributed by atoms with E-state index in [4.69, 9.17) is 5.11 Å². The lowest BCUT2D eigenvalue weighted by Crippen LogP contribution is -2.10. The summed E-state index contributed by atoms with van der Waals surface area (Å²) in [6.45, 7) is 1.59. The Morgan fingerprint density at radius 3 is 2.78 bits per heavy atom. The molecule has 1 aliphatic heterocycles. The summed E-state index contributed by atoms with van der Waals surface area (Å²) in [7, 11) is 0. The van der Waals surface area contributed by atoms with Gasteiger partial charge in [-0.2, -0.15) is 0 Å². The highest BCUT2D eigenvalue weighted by Crippen LogP contribution is 2.40. The van der Waals surface area contributed by atoms with Crippen LogP contribution in [0.5, 0.6) is 0 Å². The van der Waals surface area contributed by atoms with Gasteiger partial charge in [0.25, 0.3) is 0 Å². The van der Waals surface area contributed by atoms with E-state index < -0.39 is 0 Å². The normalized spacial score (nSPS) is 48.3. The van der Waals surface area contributed by atoms with Crippen molar-refractivity contribution in [2.75, 3.05) is 13.2 Å². The first-order valence-corrected chi connectivity index (χ1v) is 3.71. The SMILES string of the molecule is OCC1CCC2(CN2)C1. The van der Waals surface area contributed by atoms with Crippen LogP contribution in [0.2, 0.25) is 0 Å². The summed E-state index contributed by atoms with van der Waals surface area (Å²) in [5.74, 6) is 0.597. The molecule has 1 saturated heterocycles. The fraction of sp³-hybridized carbons (Fsp3) is 1.00. The van der Waals surface area contributed by atoms with Gasteiger partial charge in [-0.25, -0.2) is 0 Å². The average Bonchev–Trinajstić information content (AvgIpc) is 2.44. The van der Waals surface area contributed by atoms with Crippen LogP contribution in [0.15, 0.2) is 0 Å². The second-order valence-electron chi connectivity index (χ2n) is 3.43. The first kappa shape index (κ1) is 5.69. The maximum absolute atomic E-state index is 8.80. The highest BCUT2D eigenvalue weighted by Gasteiger charge is 2.47. The molecule has 1 spiro atoms. The van der Waals surface area contributed by atoms with Gasteiger partial charge in [-0.3, -0.25) is 0 Å². The van der Waals surface area contributed by atoms with Gasteiger partial charge in [0.1, 0.15) is 0 Å². The van der Waals surface area contributed by atoms with Crippen molar-refractivity contribution in [3.63, 3.8) is 0 Å². The van der Waals surface area contributed by atoms with Gasteiger partial charge in [-0.15, -0.1) is 0 Å². The summed E-state index contributed by atoms with van der Waals surface area (Å²) in [6, 6.07) is 0. The molecular weight excluding hydrogens is 114 g/mol. The van der Waals surface area contributed by atoms with E-state index in [2.05, 4.69) is 5.32 Å². The molecule has 2 N–H and O–H groups in total. The van der Waals surface area contributed by atoms with Gasteiger partial charge in [0, 0.05) is 18.7 Å². The van der Waals surface area contributed by atoms with Crippen LogP contribution in [0.3, 0.4) is 0 Å². The Balaban J connectivity index is 1.93. The van der Waals surface area contributed by atoms with Crippen molar-refractivity contribution in [1.82, 2.24) is 5.32 Å². The largest absolute Gasteiger partial charge is 0.396 e. The maximum Gasteiger partial charge on any atom is 0.0459 e. The van der Waals surface area contributed by atoms with E-state index in [1.54, 1.807) is 0 Å². The third-order valence-corrected chi connectivity index (χ3v) is 2.65. The van der Waals surface area contributed by atoms with Crippen molar-refractivity contribution in [3.05, 3.63) is 0 Å². The fourth-order valence-corrected chi connectivity index (χ4v) is 1.84. The van der Waals surface area contributed by atoms with Crippen molar-refractivity contribution in [1.29, 1.82) is 0 Å². The molecule has 9 heavy (non-hydrogen) atoms. The Bertz CT molecular complexity index is 120. The van der Waals surface area contributed by atoms with Gasteiger partial charge >= 0.3 is 0 Å². The highest BCUT2D eigenvalue weighted by molar-refractivity contribution is 5.08. The van der Waals surface area contributed by atoms with Crippen molar-refractivity contribution >= 4 is 0 Å². The number of hydrogen-bond acceptors (Lipinski definition) is 2. The van der Waals surface area contributed by atoms with Crippen LogP contribution in [0.25, 0.3) is 0 Å². The molecule has 2 fully saturated rings. The average molecular weight is 127 g/mol. The molecular formula is C7H13NO. The molecule has 1 saturated carbocycles. The van der Waals surface area contributed by atoms with Crippen molar-refractivity contribution in [2.24, 2.45) is 5.92 Å². The lowest BCUT2D eigenvalue weighted by atomic mass is 10.1. The summed E-state index contributed by atoms with van der Waals surface area (Å²) in [4.78, 5) is 0. The van der Waals surface area contributed by atoms with Crippen LogP contribution in [0.1, 0.15) is 19.3 Å². The van der Waals surface area contributed by atoms with Crippen LogP contribution >= 0.6 is 0 Å². The van der Waals surface area contributed by atoms with E-state index >= 15 is 0 Å². The van der Waals surface area contributed by atoms with E-state index in [9.17, 15) is 0 Å². The fourth-order valence-electron chi connectivity index (χ4n) is 1.84. The van der Waals surface area contributed by atoms with Crippen molar-refractivity contribution < 1.29 is 5.11 Å². The lowest BCUT2D eigenvalue weighted by molar-refractivity contribution is 0.228. The summed E-state index contributed by atoms with van der Waals surface area (Å²) in [5, 5.41) is 12.2. The van der Waals surface area contributed by atoms with Crippen molar-refractivity contribution in [3.8, 4) is 0 Å². The molecule has 1 aliphatic carbocycles. The number of hydrogen-bond donors (Lipinski definition) is 2. The summed E-state index contributed by atoms with van der Waals surface area (Å²) >= 11 is 0. The molecule has 1 heterocycles. The number of nitrogens with one attached hydrogen (secondary N) is 1. The Morgan fingerprint density at radius 1 is 1.67 bits per heavy atom. The minimum absolute atomic E-state index is 0.392.